The fourth-order valence-corrected chi connectivity index (χ4v) is 2.73. The van der Waals surface area contributed by atoms with Gasteiger partial charge in [-0.15, -0.1) is 11.3 Å². The molecule has 1 aromatic carbocycles. The Labute approximate surface area is 108 Å². The van der Waals surface area contributed by atoms with Crippen LogP contribution in [0.3, 0.4) is 0 Å². The van der Waals surface area contributed by atoms with Gasteiger partial charge in [0.1, 0.15) is 11.6 Å². The largest absolute Gasteiger partial charge is 0.375 e. The van der Waals surface area contributed by atoms with Crippen LogP contribution in [0.5, 0.6) is 0 Å². The molecule has 0 aliphatic carbocycles. The lowest BCUT2D eigenvalue weighted by Crippen LogP contribution is -1.96. The highest BCUT2D eigenvalue weighted by Crippen LogP contribution is 2.25. The number of thiazole rings is 1. The van der Waals surface area contributed by atoms with Crippen molar-refractivity contribution in [1.82, 2.24) is 4.98 Å². The van der Waals surface area contributed by atoms with Crippen LogP contribution in [-0.4, -0.2) is 4.98 Å². The second-order valence-corrected chi connectivity index (χ2v) is 5.20. The van der Waals surface area contributed by atoms with Gasteiger partial charge >= 0.3 is 0 Å². The Bertz CT molecular complexity index is 552. The van der Waals surface area contributed by atoms with E-state index in [1.165, 1.54) is 17.4 Å². The van der Waals surface area contributed by atoms with Crippen LogP contribution >= 0.6 is 11.3 Å². The van der Waals surface area contributed by atoms with Crippen LogP contribution in [0.4, 0.5) is 13.9 Å². The van der Waals surface area contributed by atoms with Crippen molar-refractivity contribution >= 4 is 16.5 Å². The Morgan fingerprint density at radius 3 is 2.83 bits per heavy atom. The number of nitrogen functional groups attached to an aromatic ring is 1. The van der Waals surface area contributed by atoms with Crippen molar-refractivity contribution in [2.24, 2.45) is 0 Å². The summed E-state index contributed by atoms with van der Waals surface area (Å²) >= 11 is 1.34. The Morgan fingerprint density at radius 2 is 2.11 bits per heavy atom. The number of anilines is 1. The van der Waals surface area contributed by atoms with Crippen LogP contribution < -0.4 is 5.73 Å². The first-order valence-corrected chi connectivity index (χ1v) is 6.59. The van der Waals surface area contributed by atoms with Gasteiger partial charge in [-0.2, -0.15) is 0 Å². The normalized spacial score (nSPS) is 10.8. The minimum atomic E-state index is -0.430. The molecule has 0 bridgehead atoms. The van der Waals surface area contributed by atoms with Crippen LogP contribution in [-0.2, 0) is 12.8 Å². The first kappa shape index (κ1) is 13.0. The molecule has 1 heterocycles. The molecule has 96 valence electrons. The Hall–Kier alpha value is -1.49. The van der Waals surface area contributed by atoms with Crippen LogP contribution in [0.15, 0.2) is 18.2 Å². The summed E-state index contributed by atoms with van der Waals surface area (Å²) in [5.74, 6) is -0.827. The number of nitrogens with zero attached hydrogens (tertiary/aromatic N) is 1. The highest BCUT2D eigenvalue weighted by molar-refractivity contribution is 7.15. The molecule has 0 spiro atoms. The Morgan fingerprint density at radius 1 is 1.33 bits per heavy atom. The molecule has 0 amide bonds. The highest BCUT2D eigenvalue weighted by atomic mass is 32.1. The molecule has 0 fully saturated rings. The lowest BCUT2D eigenvalue weighted by atomic mass is 10.1. The molecule has 0 aliphatic heterocycles. The van der Waals surface area contributed by atoms with Crippen molar-refractivity contribution in [3.05, 3.63) is 46.0 Å². The molecular formula is C13H14F2N2S. The predicted octanol–water partition coefficient (Wildman–Crippen LogP) is 3.55. The van der Waals surface area contributed by atoms with Gasteiger partial charge in [0.25, 0.3) is 0 Å². The van der Waals surface area contributed by atoms with Gasteiger partial charge in [0.15, 0.2) is 5.13 Å². The van der Waals surface area contributed by atoms with Crippen LogP contribution in [0, 0.1) is 11.6 Å². The summed E-state index contributed by atoms with van der Waals surface area (Å²) in [5, 5.41) is 0.477. The zero-order valence-electron chi connectivity index (χ0n) is 10.0. The van der Waals surface area contributed by atoms with Gasteiger partial charge in [-0.1, -0.05) is 13.3 Å². The lowest BCUT2D eigenvalue weighted by Gasteiger charge is -2.03. The monoisotopic (exact) mass is 268 g/mol. The smallest absolute Gasteiger partial charge is 0.180 e. The Kier molecular flexibility index (Phi) is 3.91. The van der Waals surface area contributed by atoms with E-state index >= 15 is 0 Å². The van der Waals surface area contributed by atoms with Crippen molar-refractivity contribution in [1.29, 1.82) is 0 Å². The van der Waals surface area contributed by atoms with Gasteiger partial charge < -0.3 is 5.73 Å². The van der Waals surface area contributed by atoms with Gasteiger partial charge in [-0.25, -0.2) is 13.8 Å². The van der Waals surface area contributed by atoms with Crippen LogP contribution in [0.1, 0.15) is 29.5 Å². The van der Waals surface area contributed by atoms with Gasteiger partial charge in [0.2, 0.25) is 0 Å². The van der Waals surface area contributed by atoms with Crippen LogP contribution in [0.2, 0.25) is 0 Å². The summed E-state index contributed by atoms with van der Waals surface area (Å²) < 4.78 is 26.7. The van der Waals surface area contributed by atoms with Gasteiger partial charge in [0.05, 0.1) is 5.69 Å². The number of halogens is 2. The third-order valence-electron chi connectivity index (χ3n) is 2.64. The number of hydrogen-bond acceptors (Lipinski definition) is 3. The van der Waals surface area contributed by atoms with Crippen molar-refractivity contribution in [3.8, 4) is 0 Å². The van der Waals surface area contributed by atoms with E-state index < -0.39 is 11.6 Å². The molecule has 2 N–H and O–H groups in total. The summed E-state index contributed by atoms with van der Waals surface area (Å²) in [6, 6.07) is 3.49. The number of benzene rings is 1. The summed E-state index contributed by atoms with van der Waals surface area (Å²) in [6.45, 7) is 2.04. The molecule has 0 atom stereocenters. The van der Waals surface area contributed by atoms with E-state index in [-0.39, 0.29) is 0 Å². The second kappa shape index (κ2) is 5.44. The molecular weight excluding hydrogens is 254 g/mol. The average Bonchev–Trinajstić information content (AvgIpc) is 2.65. The van der Waals surface area contributed by atoms with E-state index in [0.717, 1.165) is 35.5 Å². The molecule has 1 aromatic heterocycles. The standard InChI is InChI=1S/C13H14F2N2S/c1-2-3-11-12(18-13(16)17-11)7-8-6-9(14)4-5-10(8)15/h4-6H,2-3,7H2,1H3,(H2,16,17). The van der Waals surface area contributed by atoms with E-state index in [9.17, 15) is 8.78 Å². The number of nitrogens with two attached hydrogens (primary N) is 1. The third-order valence-corrected chi connectivity index (χ3v) is 3.57. The van der Waals surface area contributed by atoms with Gasteiger partial charge in [-0.05, 0) is 30.2 Å². The quantitative estimate of drug-likeness (QED) is 0.921. The SMILES string of the molecule is CCCc1nc(N)sc1Cc1cc(F)ccc1F. The summed E-state index contributed by atoms with van der Waals surface area (Å²) in [4.78, 5) is 5.14. The minimum Gasteiger partial charge on any atom is -0.375 e. The van der Waals surface area contributed by atoms with E-state index in [0.29, 0.717) is 17.1 Å². The average molecular weight is 268 g/mol. The molecule has 2 aromatic rings. The number of hydrogen-bond donors (Lipinski definition) is 1. The van der Waals surface area contributed by atoms with Crippen molar-refractivity contribution in [3.63, 3.8) is 0 Å². The molecule has 0 radical (unpaired) electrons. The summed E-state index contributed by atoms with van der Waals surface area (Å²) in [5.41, 5.74) is 6.91. The van der Waals surface area contributed by atoms with Gasteiger partial charge in [0, 0.05) is 11.3 Å². The van der Waals surface area contributed by atoms with Crippen molar-refractivity contribution < 1.29 is 8.78 Å². The molecule has 18 heavy (non-hydrogen) atoms. The molecule has 0 aliphatic rings. The summed E-state index contributed by atoms with van der Waals surface area (Å²) in [6.07, 6.45) is 2.09. The zero-order chi connectivity index (χ0) is 13.1. The molecule has 0 saturated carbocycles. The first-order valence-electron chi connectivity index (χ1n) is 5.78. The molecule has 2 nitrogen and oxygen atoms in total. The first-order chi connectivity index (χ1) is 8.60. The fourth-order valence-electron chi connectivity index (χ4n) is 1.83. The number of aryl methyl sites for hydroxylation is 1. The Balaban J connectivity index is 2.30. The predicted molar refractivity (Wildman–Crippen MR) is 69.7 cm³/mol. The maximum atomic E-state index is 13.6. The van der Waals surface area contributed by atoms with E-state index in [1.807, 2.05) is 6.92 Å². The fraction of sp³-hybridized carbons (Fsp3) is 0.308. The second-order valence-electron chi connectivity index (χ2n) is 4.08. The number of aromatic nitrogens is 1. The third kappa shape index (κ3) is 2.85. The lowest BCUT2D eigenvalue weighted by molar-refractivity contribution is 0.588. The minimum absolute atomic E-state index is 0.341. The zero-order valence-corrected chi connectivity index (χ0v) is 10.9. The van der Waals surface area contributed by atoms with Gasteiger partial charge in [-0.3, -0.25) is 0 Å². The molecule has 0 unspecified atom stereocenters. The number of rotatable bonds is 4. The maximum absolute atomic E-state index is 13.6. The van der Waals surface area contributed by atoms with E-state index in [1.54, 1.807) is 0 Å². The van der Waals surface area contributed by atoms with E-state index in [2.05, 4.69) is 4.98 Å². The molecule has 5 heteroatoms. The molecule has 0 saturated heterocycles. The van der Waals surface area contributed by atoms with Crippen molar-refractivity contribution in [2.75, 3.05) is 5.73 Å². The van der Waals surface area contributed by atoms with E-state index in [4.69, 9.17) is 5.73 Å². The summed E-state index contributed by atoms with van der Waals surface area (Å²) in [7, 11) is 0. The van der Waals surface area contributed by atoms with Crippen molar-refractivity contribution in [2.45, 2.75) is 26.2 Å². The van der Waals surface area contributed by atoms with Crippen LogP contribution in [0.25, 0.3) is 0 Å². The topological polar surface area (TPSA) is 38.9 Å². The molecule has 2 rings (SSSR count). The maximum Gasteiger partial charge on any atom is 0.180 e. The highest BCUT2D eigenvalue weighted by Gasteiger charge is 2.12.